The van der Waals surface area contributed by atoms with Gasteiger partial charge in [-0.25, -0.2) is 0 Å². The number of carbonyl (C=O) groups is 1. The first kappa shape index (κ1) is 16.7. The minimum Gasteiger partial charge on any atom is -0.354 e. The van der Waals surface area contributed by atoms with Gasteiger partial charge in [-0.15, -0.1) is 0 Å². The number of rotatable bonds is 6. The number of hydrogen-bond donors (Lipinski definition) is 2. The molecule has 0 spiro atoms. The number of carbonyl (C=O) groups excluding carboxylic acids is 1. The molecule has 1 aromatic rings. The smallest absolute Gasteiger partial charge is 0.236 e. The van der Waals surface area contributed by atoms with E-state index in [0.29, 0.717) is 5.92 Å². The Hall–Kier alpha value is -1.35. The third-order valence-corrected chi connectivity index (χ3v) is 3.63. The van der Waals surface area contributed by atoms with Crippen LogP contribution in [-0.4, -0.2) is 18.5 Å². The van der Waals surface area contributed by atoms with Gasteiger partial charge in [0.15, 0.2) is 0 Å². The molecule has 0 aromatic heterocycles. The first-order valence-corrected chi connectivity index (χ1v) is 7.39. The summed E-state index contributed by atoms with van der Waals surface area (Å²) in [5, 5.41) is 6.25. The summed E-state index contributed by atoms with van der Waals surface area (Å²) < 4.78 is 0. The molecule has 112 valence electrons. The molecule has 0 aliphatic carbocycles. The van der Waals surface area contributed by atoms with Crippen molar-refractivity contribution in [3.8, 4) is 0 Å². The fraction of sp³-hybridized carbons (Fsp3) is 0.588. The van der Waals surface area contributed by atoms with Crippen LogP contribution in [0.5, 0.6) is 0 Å². The zero-order valence-corrected chi connectivity index (χ0v) is 13.6. The van der Waals surface area contributed by atoms with Crippen molar-refractivity contribution in [3.05, 3.63) is 34.4 Å². The molecule has 3 heteroatoms. The van der Waals surface area contributed by atoms with Gasteiger partial charge in [-0.05, 0) is 55.9 Å². The van der Waals surface area contributed by atoms with Gasteiger partial charge in [-0.1, -0.05) is 26.0 Å². The second kappa shape index (κ2) is 7.44. The Morgan fingerprint density at radius 2 is 1.65 bits per heavy atom. The molecule has 1 amide bonds. The summed E-state index contributed by atoms with van der Waals surface area (Å²) in [6, 6.07) is 4.24. The zero-order chi connectivity index (χ0) is 15.3. The number of amides is 1. The fourth-order valence-corrected chi connectivity index (χ4v) is 2.02. The zero-order valence-electron chi connectivity index (χ0n) is 13.6. The molecule has 0 aliphatic heterocycles. The van der Waals surface area contributed by atoms with Crippen molar-refractivity contribution in [3.63, 3.8) is 0 Å². The minimum atomic E-state index is -0.172. The predicted molar refractivity (Wildman–Crippen MR) is 84.8 cm³/mol. The molecule has 1 atom stereocenters. The molecule has 0 fully saturated rings. The summed E-state index contributed by atoms with van der Waals surface area (Å²) in [6.07, 6.45) is 0. The molecule has 0 aliphatic rings. The molecule has 0 saturated heterocycles. The lowest BCUT2D eigenvalue weighted by atomic mass is 10.0. The van der Waals surface area contributed by atoms with Crippen molar-refractivity contribution in [2.24, 2.45) is 5.92 Å². The molecular weight excluding hydrogens is 248 g/mol. The third-order valence-electron chi connectivity index (χ3n) is 3.63. The molecule has 1 aromatic carbocycles. The molecule has 1 unspecified atom stereocenters. The first-order chi connectivity index (χ1) is 9.31. The summed E-state index contributed by atoms with van der Waals surface area (Å²) in [5.74, 6) is 0.549. The maximum Gasteiger partial charge on any atom is 0.236 e. The predicted octanol–water partition coefficient (Wildman–Crippen LogP) is 2.86. The van der Waals surface area contributed by atoms with E-state index in [1.807, 2.05) is 6.92 Å². The summed E-state index contributed by atoms with van der Waals surface area (Å²) in [4.78, 5) is 11.9. The Morgan fingerprint density at radius 1 is 1.05 bits per heavy atom. The van der Waals surface area contributed by atoms with Crippen molar-refractivity contribution in [2.45, 2.75) is 54.1 Å². The van der Waals surface area contributed by atoms with Crippen LogP contribution in [0.2, 0.25) is 0 Å². The van der Waals surface area contributed by atoms with Crippen LogP contribution in [0.1, 0.15) is 43.0 Å². The van der Waals surface area contributed by atoms with Gasteiger partial charge in [0, 0.05) is 13.1 Å². The van der Waals surface area contributed by atoms with Crippen LogP contribution >= 0.6 is 0 Å². The van der Waals surface area contributed by atoms with Gasteiger partial charge in [0.05, 0.1) is 6.04 Å². The molecule has 0 heterocycles. The van der Waals surface area contributed by atoms with Crippen molar-refractivity contribution in [1.29, 1.82) is 0 Å². The normalized spacial score (nSPS) is 12.6. The van der Waals surface area contributed by atoms with Crippen LogP contribution in [-0.2, 0) is 11.3 Å². The Labute approximate surface area is 123 Å². The molecule has 20 heavy (non-hydrogen) atoms. The van der Waals surface area contributed by atoms with Crippen LogP contribution in [0.25, 0.3) is 0 Å². The Bertz CT molecular complexity index is 466. The highest BCUT2D eigenvalue weighted by Crippen LogP contribution is 2.15. The highest BCUT2D eigenvalue weighted by molar-refractivity contribution is 5.81. The van der Waals surface area contributed by atoms with E-state index in [0.717, 1.165) is 13.1 Å². The highest BCUT2D eigenvalue weighted by Gasteiger charge is 2.12. The standard InChI is InChI=1S/C17H28N2O/c1-11(2)9-19-17(20)15(6)18-10-16-8-13(4)12(3)7-14(16)5/h7-8,11,15,18H,9-10H2,1-6H3,(H,19,20). The molecule has 0 saturated carbocycles. The van der Waals surface area contributed by atoms with Gasteiger partial charge >= 0.3 is 0 Å². The van der Waals surface area contributed by atoms with Gasteiger partial charge in [0.25, 0.3) is 0 Å². The van der Waals surface area contributed by atoms with Crippen LogP contribution < -0.4 is 10.6 Å². The number of hydrogen-bond acceptors (Lipinski definition) is 2. The monoisotopic (exact) mass is 276 g/mol. The van der Waals surface area contributed by atoms with Crippen LogP contribution in [0.3, 0.4) is 0 Å². The summed E-state index contributed by atoms with van der Waals surface area (Å²) in [7, 11) is 0. The van der Waals surface area contributed by atoms with Gasteiger partial charge in [-0.3, -0.25) is 4.79 Å². The molecule has 2 N–H and O–H groups in total. The molecule has 0 radical (unpaired) electrons. The minimum absolute atomic E-state index is 0.0696. The van der Waals surface area contributed by atoms with Gasteiger partial charge in [-0.2, -0.15) is 0 Å². The van der Waals surface area contributed by atoms with Gasteiger partial charge < -0.3 is 10.6 Å². The number of nitrogens with one attached hydrogen (secondary N) is 2. The third kappa shape index (κ3) is 4.97. The number of aryl methyl sites for hydroxylation is 3. The van der Waals surface area contributed by atoms with Gasteiger partial charge in [0.1, 0.15) is 0 Å². The maximum absolute atomic E-state index is 11.9. The van der Waals surface area contributed by atoms with Crippen LogP contribution in [0.4, 0.5) is 0 Å². The summed E-state index contributed by atoms with van der Waals surface area (Å²) >= 11 is 0. The van der Waals surface area contributed by atoms with Crippen LogP contribution in [0, 0.1) is 26.7 Å². The van der Waals surface area contributed by atoms with E-state index in [-0.39, 0.29) is 11.9 Å². The maximum atomic E-state index is 11.9. The highest BCUT2D eigenvalue weighted by atomic mass is 16.2. The van der Waals surface area contributed by atoms with Crippen molar-refractivity contribution < 1.29 is 4.79 Å². The van der Waals surface area contributed by atoms with Crippen molar-refractivity contribution >= 4 is 5.91 Å². The average molecular weight is 276 g/mol. The molecular formula is C17H28N2O. The quantitative estimate of drug-likeness (QED) is 0.839. The van der Waals surface area contributed by atoms with Crippen LogP contribution in [0.15, 0.2) is 12.1 Å². The van der Waals surface area contributed by atoms with E-state index in [9.17, 15) is 4.79 Å². The van der Waals surface area contributed by atoms with E-state index >= 15 is 0 Å². The lowest BCUT2D eigenvalue weighted by Gasteiger charge is -2.17. The Balaban J connectivity index is 2.54. The second-order valence-corrected chi connectivity index (χ2v) is 6.10. The van der Waals surface area contributed by atoms with E-state index in [1.54, 1.807) is 0 Å². The largest absolute Gasteiger partial charge is 0.354 e. The summed E-state index contributed by atoms with van der Waals surface area (Å²) in [5.41, 5.74) is 5.14. The fourth-order valence-electron chi connectivity index (χ4n) is 2.02. The van der Waals surface area contributed by atoms with Gasteiger partial charge in [0.2, 0.25) is 5.91 Å². The molecule has 0 bridgehead atoms. The lowest BCUT2D eigenvalue weighted by Crippen LogP contribution is -2.43. The second-order valence-electron chi connectivity index (χ2n) is 6.10. The topological polar surface area (TPSA) is 41.1 Å². The number of benzene rings is 1. The summed E-state index contributed by atoms with van der Waals surface area (Å²) in [6.45, 7) is 13.9. The first-order valence-electron chi connectivity index (χ1n) is 7.39. The van der Waals surface area contributed by atoms with E-state index in [2.05, 4.69) is 57.4 Å². The van der Waals surface area contributed by atoms with E-state index < -0.39 is 0 Å². The lowest BCUT2D eigenvalue weighted by molar-refractivity contribution is -0.122. The SMILES string of the molecule is Cc1cc(C)c(CNC(C)C(=O)NCC(C)C)cc1C. The van der Waals surface area contributed by atoms with Crippen molar-refractivity contribution in [1.82, 2.24) is 10.6 Å². The van der Waals surface area contributed by atoms with E-state index in [4.69, 9.17) is 0 Å². The average Bonchev–Trinajstić information content (AvgIpc) is 2.38. The van der Waals surface area contributed by atoms with E-state index in [1.165, 1.54) is 22.3 Å². The van der Waals surface area contributed by atoms with Crippen molar-refractivity contribution in [2.75, 3.05) is 6.54 Å². The molecule has 3 nitrogen and oxygen atoms in total. The Morgan fingerprint density at radius 3 is 2.25 bits per heavy atom. The molecule has 1 rings (SSSR count). The Kier molecular flexibility index (Phi) is 6.21.